The van der Waals surface area contributed by atoms with Crippen LogP contribution >= 0.6 is 11.6 Å². The molecule has 9 heteroatoms. The molecule has 3 amide bonds. The maximum atomic E-state index is 12.1. The summed E-state index contributed by atoms with van der Waals surface area (Å²) >= 11 is 5.83. The zero-order chi connectivity index (χ0) is 18.8. The van der Waals surface area contributed by atoms with Crippen molar-refractivity contribution in [1.82, 2.24) is 10.6 Å². The summed E-state index contributed by atoms with van der Waals surface area (Å²) in [5, 5.41) is 5.55. The Labute approximate surface area is 151 Å². The topological polar surface area (TPSA) is 120 Å². The van der Waals surface area contributed by atoms with Crippen molar-refractivity contribution in [3.8, 4) is 0 Å². The molecule has 1 rings (SSSR count). The van der Waals surface area contributed by atoms with Crippen molar-refractivity contribution in [1.29, 1.82) is 0 Å². The molecule has 0 heterocycles. The van der Waals surface area contributed by atoms with Crippen molar-refractivity contribution in [3.63, 3.8) is 0 Å². The Morgan fingerprint density at radius 3 is 2.44 bits per heavy atom. The van der Waals surface area contributed by atoms with Crippen molar-refractivity contribution in [2.45, 2.75) is 25.5 Å². The van der Waals surface area contributed by atoms with Crippen molar-refractivity contribution >= 4 is 29.5 Å². The molecule has 0 spiro atoms. The molecule has 0 aromatic heterocycles. The number of carbonyl (C=O) groups is 3. The van der Waals surface area contributed by atoms with Crippen LogP contribution in [0.4, 0.5) is 4.79 Å². The lowest BCUT2D eigenvalue weighted by molar-refractivity contribution is -0.155. The maximum Gasteiger partial charge on any atom is 0.312 e. The molecule has 0 saturated carbocycles. The molecular weight excluding hydrogens is 350 g/mol. The minimum atomic E-state index is -0.969. The normalized spacial score (nSPS) is 12.8. The highest BCUT2D eigenvalue weighted by molar-refractivity contribution is 6.30. The molecule has 1 aromatic carbocycles. The highest BCUT2D eigenvalue weighted by Crippen LogP contribution is 2.20. The van der Waals surface area contributed by atoms with Gasteiger partial charge in [-0.1, -0.05) is 23.7 Å². The lowest BCUT2D eigenvalue weighted by Crippen LogP contribution is -2.39. The number of primary amides is 1. The van der Waals surface area contributed by atoms with E-state index in [1.807, 2.05) is 0 Å². The third kappa shape index (κ3) is 7.86. The molecule has 0 bridgehead atoms. The number of hydrogen-bond donors (Lipinski definition) is 3. The number of rotatable bonds is 9. The minimum Gasteiger partial charge on any atom is -0.452 e. The predicted octanol–water partition coefficient (Wildman–Crippen LogP) is 1.13. The van der Waals surface area contributed by atoms with Gasteiger partial charge in [-0.2, -0.15) is 0 Å². The van der Waals surface area contributed by atoms with E-state index in [-0.39, 0.29) is 6.42 Å². The van der Waals surface area contributed by atoms with Gasteiger partial charge >= 0.3 is 12.0 Å². The van der Waals surface area contributed by atoms with Gasteiger partial charge in [-0.15, -0.1) is 0 Å². The first-order valence-electron chi connectivity index (χ1n) is 7.61. The number of esters is 1. The molecule has 25 heavy (non-hydrogen) atoms. The van der Waals surface area contributed by atoms with E-state index in [1.165, 1.54) is 14.0 Å². The predicted molar refractivity (Wildman–Crippen MR) is 92.0 cm³/mol. The zero-order valence-electron chi connectivity index (χ0n) is 14.1. The fraction of sp³-hybridized carbons (Fsp3) is 0.438. The van der Waals surface area contributed by atoms with Gasteiger partial charge in [0.25, 0.3) is 5.91 Å². The second-order valence-electron chi connectivity index (χ2n) is 5.23. The Hall–Kier alpha value is -2.32. The molecule has 0 fully saturated rings. The number of methoxy groups -OCH3 is 1. The molecule has 4 N–H and O–H groups in total. The summed E-state index contributed by atoms with van der Waals surface area (Å²) in [6.07, 6.45) is -1.15. The van der Waals surface area contributed by atoms with Crippen molar-refractivity contribution in [3.05, 3.63) is 34.9 Å². The van der Waals surface area contributed by atoms with Gasteiger partial charge < -0.3 is 25.8 Å². The summed E-state index contributed by atoms with van der Waals surface area (Å²) in [7, 11) is 1.51. The Morgan fingerprint density at radius 1 is 1.24 bits per heavy atom. The number of hydrogen-bond acceptors (Lipinski definition) is 5. The fourth-order valence-electron chi connectivity index (χ4n) is 2.00. The third-order valence-corrected chi connectivity index (χ3v) is 3.49. The summed E-state index contributed by atoms with van der Waals surface area (Å²) in [5.74, 6) is -1.08. The fourth-order valence-corrected chi connectivity index (χ4v) is 2.13. The van der Waals surface area contributed by atoms with E-state index in [9.17, 15) is 14.4 Å². The van der Waals surface area contributed by atoms with Crippen LogP contribution in [0.5, 0.6) is 0 Å². The SMILES string of the molecule is COCCNC(=O)[C@@H](C)OC(=O)C[C@H](NC(N)=O)c1ccc(Cl)cc1. The van der Waals surface area contributed by atoms with Crippen LogP contribution in [0.2, 0.25) is 5.02 Å². The highest BCUT2D eigenvalue weighted by Gasteiger charge is 2.22. The van der Waals surface area contributed by atoms with Crippen LogP contribution in [0.25, 0.3) is 0 Å². The molecule has 0 radical (unpaired) electrons. The smallest absolute Gasteiger partial charge is 0.312 e. The number of halogens is 1. The van der Waals surface area contributed by atoms with Gasteiger partial charge in [0.15, 0.2) is 6.10 Å². The minimum absolute atomic E-state index is 0.180. The number of benzene rings is 1. The van der Waals surface area contributed by atoms with Crippen LogP contribution in [0.3, 0.4) is 0 Å². The zero-order valence-corrected chi connectivity index (χ0v) is 14.8. The standard InChI is InChI=1S/C16H22ClN3O5/c1-10(15(22)19-7-8-24-2)25-14(21)9-13(20-16(18)23)11-3-5-12(17)6-4-11/h3-6,10,13H,7-9H2,1-2H3,(H,19,22)(H3,18,20,23)/t10-,13+/m1/s1. The Balaban J connectivity index is 2.64. The lowest BCUT2D eigenvalue weighted by atomic mass is 10.0. The first-order valence-corrected chi connectivity index (χ1v) is 7.98. The summed E-state index contributed by atoms with van der Waals surface area (Å²) < 4.78 is 9.91. The van der Waals surface area contributed by atoms with E-state index in [4.69, 9.17) is 26.8 Å². The van der Waals surface area contributed by atoms with E-state index in [0.717, 1.165) is 0 Å². The summed E-state index contributed by atoms with van der Waals surface area (Å²) in [4.78, 5) is 35.0. The maximum absolute atomic E-state index is 12.1. The van der Waals surface area contributed by atoms with Crippen molar-refractivity contribution < 1.29 is 23.9 Å². The molecule has 0 aliphatic carbocycles. The average Bonchev–Trinajstić information content (AvgIpc) is 2.54. The van der Waals surface area contributed by atoms with E-state index in [1.54, 1.807) is 24.3 Å². The van der Waals surface area contributed by atoms with Gasteiger partial charge in [0.1, 0.15) is 0 Å². The number of amides is 3. The molecule has 138 valence electrons. The van der Waals surface area contributed by atoms with Crippen molar-refractivity contribution in [2.24, 2.45) is 5.73 Å². The second-order valence-corrected chi connectivity index (χ2v) is 5.67. The van der Waals surface area contributed by atoms with Crippen LogP contribution in [0.15, 0.2) is 24.3 Å². The molecular formula is C16H22ClN3O5. The van der Waals surface area contributed by atoms with Gasteiger partial charge in [-0.25, -0.2) is 4.79 Å². The monoisotopic (exact) mass is 371 g/mol. The van der Waals surface area contributed by atoms with Crippen LogP contribution in [-0.4, -0.2) is 44.3 Å². The van der Waals surface area contributed by atoms with Crippen LogP contribution in [-0.2, 0) is 19.1 Å². The number of nitrogens with two attached hydrogens (primary N) is 1. The largest absolute Gasteiger partial charge is 0.452 e. The molecule has 0 aliphatic heterocycles. The Kier molecular flexibility index (Phi) is 8.73. The van der Waals surface area contributed by atoms with E-state index < -0.39 is 30.1 Å². The second kappa shape index (κ2) is 10.5. The van der Waals surface area contributed by atoms with Gasteiger partial charge in [0.2, 0.25) is 0 Å². The summed E-state index contributed by atoms with van der Waals surface area (Å²) in [6.45, 7) is 2.13. The van der Waals surface area contributed by atoms with Crippen LogP contribution < -0.4 is 16.4 Å². The third-order valence-electron chi connectivity index (χ3n) is 3.24. The van der Waals surface area contributed by atoms with Crippen LogP contribution in [0.1, 0.15) is 24.9 Å². The van der Waals surface area contributed by atoms with E-state index in [0.29, 0.717) is 23.7 Å². The van der Waals surface area contributed by atoms with E-state index >= 15 is 0 Å². The van der Waals surface area contributed by atoms with Crippen LogP contribution in [0, 0.1) is 0 Å². The Morgan fingerprint density at radius 2 is 1.88 bits per heavy atom. The van der Waals surface area contributed by atoms with Gasteiger partial charge in [-0.05, 0) is 24.6 Å². The van der Waals surface area contributed by atoms with Gasteiger partial charge in [0.05, 0.1) is 19.1 Å². The van der Waals surface area contributed by atoms with E-state index in [2.05, 4.69) is 10.6 Å². The molecule has 0 unspecified atom stereocenters. The quantitative estimate of drug-likeness (QED) is 0.444. The average molecular weight is 372 g/mol. The molecule has 8 nitrogen and oxygen atoms in total. The van der Waals surface area contributed by atoms with Gasteiger partial charge in [-0.3, -0.25) is 9.59 Å². The first kappa shape index (κ1) is 20.7. The molecule has 2 atom stereocenters. The number of ether oxygens (including phenoxy) is 2. The number of nitrogens with one attached hydrogen (secondary N) is 2. The van der Waals surface area contributed by atoms with Gasteiger partial charge in [0, 0.05) is 18.7 Å². The van der Waals surface area contributed by atoms with Crippen molar-refractivity contribution in [2.75, 3.05) is 20.3 Å². The molecule has 1 aromatic rings. The summed E-state index contributed by atoms with van der Waals surface area (Å²) in [6, 6.07) is 5.12. The highest BCUT2D eigenvalue weighted by atomic mass is 35.5. The first-order chi connectivity index (χ1) is 11.8. The summed E-state index contributed by atoms with van der Waals surface area (Å²) in [5.41, 5.74) is 5.79. The number of carbonyl (C=O) groups excluding carboxylic acids is 3. The molecule has 0 aliphatic rings. The number of urea groups is 1. The lowest BCUT2D eigenvalue weighted by Gasteiger charge is -2.19. The molecule has 0 saturated heterocycles. The Bertz CT molecular complexity index is 594.